The Morgan fingerprint density at radius 2 is 1.96 bits per heavy atom. The van der Waals surface area contributed by atoms with E-state index >= 15 is 0 Å². The van der Waals surface area contributed by atoms with Gasteiger partial charge >= 0.3 is 0 Å². The van der Waals surface area contributed by atoms with Crippen LogP contribution in [0.1, 0.15) is 16.0 Å². The molecule has 0 bridgehead atoms. The van der Waals surface area contributed by atoms with Gasteiger partial charge in [-0.3, -0.25) is 0 Å². The van der Waals surface area contributed by atoms with Crippen molar-refractivity contribution in [3.8, 4) is 11.5 Å². The van der Waals surface area contributed by atoms with E-state index in [2.05, 4.69) is 33.9 Å². The third kappa shape index (κ3) is 5.19. The van der Waals surface area contributed by atoms with Crippen LogP contribution in [0, 0.1) is 0 Å². The first-order valence-corrected chi connectivity index (χ1v) is 9.24. The number of benzene rings is 1. The average Bonchev–Trinajstić information content (AvgIpc) is 3.15. The summed E-state index contributed by atoms with van der Waals surface area (Å²) >= 11 is 7.58. The Labute approximate surface area is 156 Å². The summed E-state index contributed by atoms with van der Waals surface area (Å²) in [5.74, 6) is 1.46. The third-order valence-corrected chi connectivity index (χ3v) is 4.84. The summed E-state index contributed by atoms with van der Waals surface area (Å²) in [7, 11) is 1.66. The zero-order valence-electron chi connectivity index (χ0n) is 13.9. The number of thiophene rings is 1. The van der Waals surface area contributed by atoms with Gasteiger partial charge in [-0.2, -0.15) is 0 Å². The molecular weight excluding hydrogens is 356 g/mol. The van der Waals surface area contributed by atoms with E-state index in [1.807, 2.05) is 18.2 Å². The van der Waals surface area contributed by atoms with E-state index in [0.717, 1.165) is 30.2 Å². The second-order valence-corrected chi connectivity index (χ2v) is 6.96. The second-order valence-electron chi connectivity index (χ2n) is 5.54. The Hall–Kier alpha value is -2.08. The maximum atomic E-state index is 5.86. The number of ether oxygens (including phenoxy) is 2. The van der Waals surface area contributed by atoms with Gasteiger partial charge in [-0.25, -0.2) is 4.98 Å². The molecule has 3 rings (SSSR count). The monoisotopic (exact) mass is 375 g/mol. The first kappa shape index (κ1) is 17.7. The van der Waals surface area contributed by atoms with Gasteiger partial charge in [-0.1, -0.05) is 23.7 Å². The first-order chi connectivity index (χ1) is 12.2. The van der Waals surface area contributed by atoms with E-state index in [1.165, 1.54) is 10.4 Å². The number of halogens is 1. The minimum Gasteiger partial charge on any atom is -0.493 e. The van der Waals surface area contributed by atoms with Crippen molar-refractivity contribution in [1.82, 2.24) is 4.98 Å². The molecule has 0 aliphatic heterocycles. The topological polar surface area (TPSA) is 48.0 Å². The van der Waals surface area contributed by atoms with Crippen molar-refractivity contribution in [1.29, 1.82) is 0 Å². The van der Waals surface area contributed by atoms with Crippen LogP contribution in [0.4, 0.5) is 0 Å². The van der Waals surface area contributed by atoms with Crippen LogP contribution in [0.3, 0.4) is 0 Å². The lowest BCUT2D eigenvalue weighted by atomic mass is 10.2. The molecule has 0 amide bonds. The molecule has 0 saturated heterocycles. The number of pyridine rings is 1. The van der Waals surface area contributed by atoms with Crippen molar-refractivity contribution in [2.75, 3.05) is 7.11 Å². The molecule has 1 aromatic carbocycles. The van der Waals surface area contributed by atoms with Gasteiger partial charge < -0.3 is 14.8 Å². The fourth-order valence-electron chi connectivity index (χ4n) is 2.42. The number of hydrogen-bond donors (Lipinski definition) is 1. The molecule has 2 aromatic heterocycles. The van der Waals surface area contributed by atoms with Crippen LogP contribution >= 0.6 is 22.9 Å². The number of quaternary nitrogens is 1. The highest BCUT2D eigenvalue weighted by Crippen LogP contribution is 2.28. The van der Waals surface area contributed by atoms with Crippen LogP contribution in [-0.4, -0.2) is 12.1 Å². The number of hydrogen-bond acceptors (Lipinski definition) is 4. The zero-order valence-corrected chi connectivity index (χ0v) is 15.5. The number of nitrogens with two attached hydrogens (primary N) is 1. The quantitative estimate of drug-likeness (QED) is 0.611. The van der Waals surface area contributed by atoms with E-state index in [-0.39, 0.29) is 0 Å². The van der Waals surface area contributed by atoms with Crippen molar-refractivity contribution in [3.63, 3.8) is 0 Å². The molecule has 0 aliphatic carbocycles. The molecule has 4 nitrogen and oxygen atoms in total. The maximum absolute atomic E-state index is 5.86. The van der Waals surface area contributed by atoms with Gasteiger partial charge in [-0.05, 0) is 35.7 Å². The summed E-state index contributed by atoms with van der Waals surface area (Å²) in [6.45, 7) is 2.31. The molecule has 0 unspecified atom stereocenters. The van der Waals surface area contributed by atoms with Crippen LogP contribution < -0.4 is 14.8 Å². The molecule has 0 radical (unpaired) electrons. The van der Waals surface area contributed by atoms with Gasteiger partial charge in [0.25, 0.3) is 0 Å². The zero-order chi connectivity index (χ0) is 17.5. The van der Waals surface area contributed by atoms with Crippen molar-refractivity contribution < 1.29 is 14.8 Å². The number of rotatable bonds is 8. The smallest absolute Gasteiger partial charge is 0.161 e. The summed E-state index contributed by atoms with van der Waals surface area (Å²) in [6, 6.07) is 13.9. The summed E-state index contributed by atoms with van der Waals surface area (Å²) in [4.78, 5) is 5.43. The minimum atomic E-state index is 0.421. The molecule has 0 atom stereocenters. The Balaban J connectivity index is 1.57. The highest BCUT2D eigenvalue weighted by Gasteiger charge is 2.08. The highest BCUT2D eigenvalue weighted by atomic mass is 35.5. The Kier molecular flexibility index (Phi) is 6.28. The number of nitrogens with zero attached hydrogens (tertiary/aromatic N) is 1. The molecule has 25 heavy (non-hydrogen) atoms. The molecule has 0 spiro atoms. The summed E-state index contributed by atoms with van der Waals surface area (Å²) in [5, 5.41) is 4.86. The fourth-order valence-corrected chi connectivity index (χ4v) is 3.24. The summed E-state index contributed by atoms with van der Waals surface area (Å²) in [6.07, 6.45) is 1.71. The number of aromatic nitrogens is 1. The fraction of sp³-hybridized carbons (Fsp3) is 0.211. The van der Waals surface area contributed by atoms with Crippen molar-refractivity contribution in [2.24, 2.45) is 0 Å². The standard InChI is InChI=1S/C19H19ClN2O2S/c1-23-18-9-14(10-21-12-16-3-2-8-25-16)4-6-17(18)24-13-15-5-7-19(20)22-11-15/h2-9,11,21H,10,12-13H2,1H3/p+1. The predicted molar refractivity (Wildman–Crippen MR) is 100 cm³/mol. The Morgan fingerprint density at radius 3 is 2.68 bits per heavy atom. The van der Waals surface area contributed by atoms with Crippen LogP contribution in [0.5, 0.6) is 11.5 Å². The third-order valence-electron chi connectivity index (χ3n) is 3.72. The van der Waals surface area contributed by atoms with Crippen molar-refractivity contribution >= 4 is 22.9 Å². The van der Waals surface area contributed by atoms with Gasteiger partial charge in [0.2, 0.25) is 0 Å². The van der Waals surface area contributed by atoms with E-state index in [0.29, 0.717) is 11.8 Å². The highest BCUT2D eigenvalue weighted by molar-refractivity contribution is 7.09. The van der Waals surface area contributed by atoms with E-state index in [9.17, 15) is 0 Å². The molecule has 0 aliphatic rings. The van der Waals surface area contributed by atoms with Gasteiger partial charge in [0, 0.05) is 17.3 Å². The van der Waals surface area contributed by atoms with Gasteiger partial charge in [0.1, 0.15) is 24.8 Å². The Bertz CT molecular complexity index is 792. The first-order valence-electron chi connectivity index (χ1n) is 7.99. The molecule has 0 saturated carbocycles. The molecule has 2 N–H and O–H groups in total. The van der Waals surface area contributed by atoms with Gasteiger partial charge in [-0.15, -0.1) is 11.3 Å². The minimum absolute atomic E-state index is 0.421. The normalized spacial score (nSPS) is 10.6. The predicted octanol–water partition coefficient (Wildman–Crippen LogP) is 3.65. The van der Waals surface area contributed by atoms with Crippen LogP contribution in [0.2, 0.25) is 5.15 Å². The van der Waals surface area contributed by atoms with E-state index < -0.39 is 0 Å². The van der Waals surface area contributed by atoms with E-state index in [1.54, 1.807) is 30.7 Å². The largest absolute Gasteiger partial charge is 0.493 e. The summed E-state index contributed by atoms with van der Waals surface area (Å²) in [5.41, 5.74) is 2.16. The molecule has 6 heteroatoms. The van der Waals surface area contributed by atoms with Gasteiger partial charge in [0.05, 0.1) is 12.0 Å². The lowest BCUT2D eigenvalue weighted by molar-refractivity contribution is -0.685. The molecule has 2 heterocycles. The summed E-state index contributed by atoms with van der Waals surface area (Å²) < 4.78 is 11.3. The SMILES string of the molecule is COc1cc(C[NH2+]Cc2cccs2)ccc1OCc1ccc(Cl)nc1. The average molecular weight is 376 g/mol. The van der Waals surface area contributed by atoms with Crippen molar-refractivity contribution in [2.45, 2.75) is 19.7 Å². The molecule has 3 aromatic rings. The molecule has 0 fully saturated rings. The Morgan fingerprint density at radius 1 is 1.08 bits per heavy atom. The second kappa shape index (κ2) is 8.85. The maximum Gasteiger partial charge on any atom is 0.161 e. The lowest BCUT2D eigenvalue weighted by Crippen LogP contribution is -2.80. The van der Waals surface area contributed by atoms with Crippen LogP contribution in [0.15, 0.2) is 54.0 Å². The number of methoxy groups -OCH3 is 1. The van der Waals surface area contributed by atoms with Crippen LogP contribution in [0.25, 0.3) is 0 Å². The van der Waals surface area contributed by atoms with Gasteiger partial charge in [0.15, 0.2) is 11.5 Å². The molecular formula is C19H20ClN2O2S+. The van der Waals surface area contributed by atoms with Crippen molar-refractivity contribution in [3.05, 3.63) is 75.2 Å². The molecule has 130 valence electrons. The van der Waals surface area contributed by atoms with Crippen LogP contribution in [-0.2, 0) is 19.7 Å². The van der Waals surface area contributed by atoms with E-state index in [4.69, 9.17) is 21.1 Å². The lowest BCUT2D eigenvalue weighted by Gasteiger charge is -2.12.